The van der Waals surface area contributed by atoms with E-state index >= 15 is 0 Å². The molecule has 11 heteroatoms. The second-order valence-electron chi connectivity index (χ2n) is 7.66. The highest BCUT2D eigenvalue weighted by Crippen LogP contribution is 2.27. The van der Waals surface area contributed by atoms with Crippen LogP contribution in [0.25, 0.3) is 0 Å². The smallest absolute Gasteiger partial charge is 0.330 e. The van der Waals surface area contributed by atoms with Gasteiger partial charge in [-0.2, -0.15) is 0 Å². The third-order valence-electron chi connectivity index (χ3n) is 4.86. The van der Waals surface area contributed by atoms with Crippen LogP contribution in [0.1, 0.15) is 39.0 Å². The number of amides is 2. The summed E-state index contributed by atoms with van der Waals surface area (Å²) in [4.78, 5) is 50.5. The molecule has 0 saturated carbocycles. The van der Waals surface area contributed by atoms with E-state index in [1.165, 1.54) is 17.7 Å². The number of aliphatic hydroxyl groups is 1. The van der Waals surface area contributed by atoms with Crippen molar-refractivity contribution in [2.24, 2.45) is 11.7 Å². The summed E-state index contributed by atoms with van der Waals surface area (Å²) in [6, 6.07) is -2.17. The molecule has 0 bridgehead atoms. The molecule has 0 unspecified atom stereocenters. The van der Waals surface area contributed by atoms with Crippen LogP contribution < -0.4 is 27.6 Å². The van der Waals surface area contributed by atoms with Crippen LogP contribution in [-0.4, -0.2) is 57.3 Å². The Hall–Kier alpha value is -2.50. The molecule has 0 aliphatic carbocycles. The lowest BCUT2D eigenvalue weighted by atomic mass is 10.0. The molecule has 2 amide bonds. The molecule has 5 atom stereocenters. The van der Waals surface area contributed by atoms with Gasteiger partial charge in [0.1, 0.15) is 18.4 Å². The fourth-order valence-electron chi connectivity index (χ4n) is 3.11. The van der Waals surface area contributed by atoms with Crippen LogP contribution in [0, 0.1) is 12.8 Å². The fourth-order valence-corrected chi connectivity index (χ4v) is 3.11. The Bertz CT molecular complexity index is 861. The molecule has 1 aliphatic heterocycles. The van der Waals surface area contributed by atoms with Crippen molar-refractivity contribution in [2.45, 2.75) is 64.6 Å². The first kappa shape index (κ1) is 22.8. The lowest BCUT2D eigenvalue weighted by Crippen LogP contribution is -2.56. The number of ether oxygens (including phenoxy) is 1. The van der Waals surface area contributed by atoms with Gasteiger partial charge in [-0.15, -0.1) is 0 Å². The summed E-state index contributed by atoms with van der Waals surface area (Å²) in [7, 11) is 0. The van der Waals surface area contributed by atoms with E-state index in [4.69, 9.17) is 10.5 Å². The first-order valence-electron chi connectivity index (χ1n) is 9.49. The quantitative estimate of drug-likeness (QED) is 0.349. The number of nitrogens with two attached hydrogens (primary N) is 1. The number of aliphatic hydroxyl groups excluding tert-OH is 1. The normalized spacial score (nSPS) is 23.6. The topological polar surface area (TPSA) is 169 Å². The molecule has 0 radical (unpaired) electrons. The Morgan fingerprint density at radius 3 is 2.55 bits per heavy atom. The molecule has 1 fully saturated rings. The molecule has 1 aliphatic rings. The van der Waals surface area contributed by atoms with Gasteiger partial charge in [0, 0.05) is 18.2 Å². The SMILES string of the molecule is Cc1cn([C@H]2C[C@@H](NC(=O)[C@@H](NC(=O)[C@H](C)N)C(C)C)[C@@H](CO)O2)c(=O)[nH]c1=O. The number of hydrogen-bond acceptors (Lipinski definition) is 7. The van der Waals surface area contributed by atoms with Gasteiger partial charge in [-0.05, 0) is 19.8 Å². The Labute approximate surface area is 167 Å². The molecule has 29 heavy (non-hydrogen) atoms. The van der Waals surface area contributed by atoms with Crippen LogP contribution in [0.5, 0.6) is 0 Å². The van der Waals surface area contributed by atoms with Crippen molar-refractivity contribution in [1.29, 1.82) is 0 Å². The number of rotatable bonds is 7. The predicted octanol–water partition coefficient (Wildman–Crippen LogP) is -1.90. The molecular weight excluding hydrogens is 382 g/mol. The molecule has 162 valence electrons. The zero-order valence-electron chi connectivity index (χ0n) is 17.0. The number of carbonyl (C=O) groups excluding carboxylic acids is 2. The van der Waals surface area contributed by atoms with E-state index in [1.807, 2.05) is 0 Å². The summed E-state index contributed by atoms with van der Waals surface area (Å²) in [6.07, 6.45) is 0.0650. The maximum Gasteiger partial charge on any atom is 0.330 e. The lowest BCUT2D eigenvalue weighted by Gasteiger charge is -2.25. The van der Waals surface area contributed by atoms with Crippen LogP contribution in [-0.2, 0) is 14.3 Å². The van der Waals surface area contributed by atoms with Gasteiger partial charge >= 0.3 is 5.69 Å². The first-order chi connectivity index (χ1) is 13.5. The van der Waals surface area contributed by atoms with Crippen molar-refractivity contribution in [1.82, 2.24) is 20.2 Å². The molecule has 1 aromatic heterocycles. The first-order valence-corrected chi connectivity index (χ1v) is 9.49. The number of hydrogen-bond donors (Lipinski definition) is 5. The number of aromatic amines is 1. The van der Waals surface area contributed by atoms with Crippen molar-refractivity contribution >= 4 is 11.8 Å². The number of aryl methyl sites for hydroxylation is 1. The molecule has 0 spiro atoms. The summed E-state index contributed by atoms with van der Waals surface area (Å²) in [5, 5.41) is 15.0. The average Bonchev–Trinajstić information content (AvgIpc) is 3.04. The van der Waals surface area contributed by atoms with Crippen molar-refractivity contribution in [3.05, 3.63) is 32.6 Å². The molecule has 6 N–H and O–H groups in total. The van der Waals surface area contributed by atoms with E-state index < -0.39 is 53.5 Å². The standard InChI is InChI=1S/C18H29N5O6/c1-8(2)14(21-16(26)10(4)19)17(27)20-11-5-13(29-12(11)7-24)23-6-9(3)15(25)22-18(23)28/h6,8,10-14,24H,5,7,19H2,1-4H3,(H,20,27)(H,21,26)(H,22,25,28)/t10-,11+,12+,13+,14-/m0/s1. The van der Waals surface area contributed by atoms with Gasteiger partial charge < -0.3 is 26.2 Å². The largest absolute Gasteiger partial charge is 0.394 e. The number of H-pyrrole nitrogens is 1. The van der Waals surface area contributed by atoms with Gasteiger partial charge in [-0.25, -0.2) is 4.79 Å². The van der Waals surface area contributed by atoms with Crippen LogP contribution in [0.3, 0.4) is 0 Å². The number of carbonyl (C=O) groups is 2. The molecule has 2 rings (SSSR count). The maximum atomic E-state index is 12.7. The highest BCUT2D eigenvalue weighted by Gasteiger charge is 2.39. The minimum Gasteiger partial charge on any atom is -0.394 e. The van der Waals surface area contributed by atoms with Gasteiger partial charge in [-0.3, -0.25) is 23.9 Å². The van der Waals surface area contributed by atoms with Crippen LogP contribution >= 0.6 is 0 Å². The summed E-state index contributed by atoms with van der Waals surface area (Å²) in [5.74, 6) is -1.09. The van der Waals surface area contributed by atoms with Gasteiger partial charge in [0.05, 0.1) is 18.7 Å². The maximum absolute atomic E-state index is 12.7. The van der Waals surface area contributed by atoms with E-state index in [-0.39, 0.29) is 18.9 Å². The number of nitrogens with zero attached hydrogens (tertiary/aromatic N) is 1. The van der Waals surface area contributed by atoms with E-state index in [1.54, 1.807) is 20.8 Å². The highest BCUT2D eigenvalue weighted by molar-refractivity contribution is 5.89. The Balaban J connectivity index is 2.16. The Morgan fingerprint density at radius 2 is 2.00 bits per heavy atom. The van der Waals surface area contributed by atoms with Crippen LogP contribution in [0.2, 0.25) is 0 Å². The second kappa shape index (κ2) is 9.33. The summed E-state index contributed by atoms with van der Waals surface area (Å²) in [6.45, 7) is 6.27. The Kier molecular flexibility index (Phi) is 7.33. The van der Waals surface area contributed by atoms with Crippen molar-refractivity contribution in [2.75, 3.05) is 6.61 Å². The van der Waals surface area contributed by atoms with E-state index in [2.05, 4.69) is 15.6 Å². The molecular formula is C18H29N5O6. The molecule has 1 saturated heterocycles. The number of aromatic nitrogens is 2. The van der Waals surface area contributed by atoms with Gasteiger partial charge in [0.15, 0.2) is 0 Å². The van der Waals surface area contributed by atoms with E-state index in [0.29, 0.717) is 5.56 Å². The minimum absolute atomic E-state index is 0.201. The molecule has 2 heterocycles. The fraction of sp³-hybridized carbons (Fsp3) is 0.667. The van der Waals surface area contributed by atoms with E-state index in [9.17, 15) is 24.3 Å². The van der Waals surface area contributed by atoms with Crippen LogP contribution in [0.4, 0.5) is 0 Å². The predicted molar refractivity (Wildman–Crippen MR) is 104 cm³/mol. The van der Waals surface area contributed by atoms with Gasteiger partial charge in [0.25, 0.3) is 5.56 Å². The molecule has 11 nitrogen and oxygen atoms in total. The van der Waals surface area contributed by atoms with Crippen molar-refractivity contribution in [3.8, 4) is 0 Å². The minimum atomic E-state index is -0.815. The summed E-state index contributed by atoms with van der Waals surface area (Å²) in [5.41, 5.74) is 4.76. The van der Waals surface area contributed by atoms with E-state index in [0.717, 1.165) is 0 Å². The van der Waals surface area contributed by atoms with Gasteiger partial charge in [-0.1, -0.05) is 13.8 Å². The van der Waals surface area contributed by atoms with Crippen molar-refractivity contribution < 1.29 is 19.4 Å². The monoisotopic (exact) mass is 411 g/mol. The second-order valence-corrected chi connectivity index (χ2v) is 7.66. The zero-order chi connectivity index (χ0) is 21.9. The molecule has 1 aromatic rings. The highest BCUT2D eigenvalue weighted by atomic mass is 16.5. The third-order valence-corrected chi connectivity index (χ3v) is 4.86. The van der Waals surface area contributed by atoms with Crippen LogP contribution in [0.15, 0.2) is 15.8 Å². The zero-order valence-corrected chi connectivity index (χ0v) is 17.0. The molecule has 0 aromatic carbocycles. The Morgan fingerprint density at radius 1 is 1.34 bits per heavy atom. The lowest BCUT2D eigenvalue weighted by molar-refractivity contribution is -0.131. The summed E-state index contributed by atoms with van der Waals surface area (Å²) < 4.78 is 6.94. The summed E-state index contributed by atoms with van der Waals surface area (Å²) >= 11 is 0. The van der Waals surface area contributed by atoms with Crippen molar-refractivity contribution in [3.63, 3.8) is 0 Å². The average molecular weight is 411 g/mol. The number of nitrogens with one attached hydrogen (secondary N) is 3. The third kappa shape index (κ3) is 5.31. The van der Waals surface area contributed by atoms with Gasteiger partial charge in [0.2, 0.25) is 11.8 Å².